The molecule has 1 aromatic heterocycles. The fourth-order valence-corrected chi connectivity index (χ4v) is 2.46. The summed E-state index contributed by atoms with van der Waals surface area (Å²) in [6, 6.07) is 15.8. The third kappa shape index (κ3) is 2.47. The zero-order valence-corrected chi connectivity index (χ0v) is 12.6. The highest BCUT2D eigenvalue weighted by molar-refractivity contribution is 9.10. The zero-order valence-electron chi connectivity index (χ0n) is 11.0. The van der Waals surface area contributed by atoms with Gasteiger partial charge < -0.3 is 11.1 Å². The molecule has 2 aromatic carbocycles. The topological polar surface area (TPSA) is 50.9 Å². The van der Waals surface area contributed by atoms with Gasteiger partial charge in [0.15, 0.2) is 0 Å². The van der Waals surface area contributed by atoms with Crippen LogP contribution in [0.4, 0.5) is 17.2 Å². The van der Waals surface area contributed by atoms with Crippen LogP contribution in [0.3, 0.4) is 0 Å². The second-order valence-corrected chi connectivity index (χ2v) is 5.50. The third-order valence-corrected chi connectivity index (χ3v) is 4.22. The monoisotopic (exact) mass is 327 g/mol. The maximum Gasteiger partial charge on any atom is 0.131 e. The van der Waals surface area contributed by atoms with Crippen LogP contribution in [0.1, 0.15) is 5.56 Å². The first-order valence-corrected chi connectivity index (χ1v) is 7.11. The molecule has 1 heterocycles. The van der Waals surface area contributed by atoms with Gasteiger partial charge in [0.05, 0.1) is 11.2 Å². The lowest BCUT2D eigenvalue weighted by Gasteiger charge is -2.10. The highest BCUT2D eigenvalue weighted by Gasteiger charge is 2.04. The van der Waals surface area contributed by atoms with Crippen LogP contribution in [0.25, 0.3) is 10.9 Å². The number of aromatic nitrogens is 1. The van der Waals surface area contributed by atoms with E-state index in [1.807, 2.05) is 42.5 Å². The highest BCUT2D eigenvalue weighted by Crippen LogP contribution is 2.28. The van der Waals surface area contributed by atoms with E-state index < -0.39 is 0 Å². The Kier molecular flexibility index (Phi) is 3.32. The molecule has 0 saturated heterocycles. The Morgan fingerprint density at radius 3 is 2.80 bits per heavy atom. The molecule has 3 nitrogen and oxygen atoms in total. The molecule has 20 heavy (non-hydrogen) atoms. The average molecular weight is 328 g/mol. The van der Waals surface area contributed by atoms with Crippen LogP contribution in [-0.4, -0.2) is 4.98 Å². The number of fused-ring (bicyclic) bond motifs is 1. The number of hydrogen-bond acceptors (Lipinski definition) is 3. The fourth-order valence-electron chi connectivity index (χ4n) is 2.10. The van der Waals surface area contributed by atoms with Crippen molar-refractivity contribution in [3.05, 3.63) is 58.6 Å². The number of nitrogens with zero attached hydrogens (tertiary/aromatic N) is 1. The summed E-state index contributed by atoms with van der Waals surface area (Å²) in [5.74, 6) is 0.813. The van der Waals surface area contributed by atoms with Gasteiger partial charge in [-0.3, -0.25) is 0 Å². The van der Waals surface area contributed by atoms with Crippen molar-refractivity contribution in [2.45, 2.75) is 6.92 Å². The van der Waals surface area contributed by atoms with Crippen LogP contribution in [0.15, 0.2) is 53.0 Å². The van der Waals surface area contributed by atoms with Gasteiger partial charge in [-0.1, -0.05) is 12.1 Å². The van der Waals surface area contributed by atoms with Gasteiger partial charge in [-0.05, 0) is 64.8 Å². The summed E-state index contributed by atoms with van der Waals surface area (Å²) in [5, 5.41) is 4.37. The van der Waals surface area contributed by atoms with E-state index in [1.165, 1.54) is 5.56 Å². The second-order valence-electron chi connectivity index (χ2n) is 4.71. The van der Waals surface area contributed by atoms with E-state index in [1.54, 1.807) is 0 Å². The first-order valence-electron chi connectivity index (χ1n) is 6.32. The Labute approximate surface area is 126 Å². The van der Waals surface area contributed by atoms with Gasteiger partial charge in [-0.2, -0.15) is 0 Å². The molecule has 0 unspecified atom stereocenters. The molecule has 4 heteroatoms. The maximum absolute atomic E-state index is 5.77. The molecule has 0 fully saturated rings. The summed E-state index contributed by atoms with van der Waals surface area (Å²) in [6.07, 6.45) is 0. The van der Waals surface area contributed by atoms with Crippen molar-refractivity contribution in [3.8, 4) is 0 Å². The zero-order chi connectivity index (χ0) is 14.1. The van der Waals surface area contributed by atoms with Crippen molar-refractivity contribution >= 4 is 44.0 Å². The Balaban J connectivity index is 1.99. The van der Waals surface area contributed by atoms with Crippen molar-refractivity contribution in [2.75, 3.05) is 11.1 Å². The standard InChI is InChI=1S/C16H14BrN3/c1-10-3-2-4-14(16(10)17)20-15-8-5-11-9-12(18)6-7-13(11)19-15/h2-9H,18H2,1H3,(H,19,20). The third-order valence-electron chi connectivity index (χ3n) is 3.17. The number of nitrogens with one attached hydrogen (secondary N) is 1. The minimum atomic E-state index is 0.751. The van der Waals surface area contributed by atoms with Crippen LogP contribution in [0.5, 0.6) is 0 Å². The van der Waals surface area contributed by atoms with Gasteiger partial charge in [0.1, 0.15) is 5.82 Å². The molecule has 0 saturated carbocycles. The minimum Gasteiger partial charge on any atom is -0.399 e. The largest absolute Gasteiger partial charge is 0.399 e. The number of benzene rings is 2. The van der Waals surface area contributed by atoms with Crippen molar-refractivity contribution < 1.29 is 0 Å². The van der Waals surface area contributed by atoms with E-state index in [-0.39, 0.29) is 0 Å². The van der Waals surface area contributed by atoms with Crippen LogP contribution >= 0.6 is 15.9 Å². The highest BCUT2D eigenvalue weighted by atomic mass is 79.9. The summed E-state index contributed by atoms with van der Waals surface area (Å²) < 4.78 is 1.05. The molecule has 0 atom stereocenters. The Hall–Kier alpha value is -2.07. The number of pyridine rings is 1. The lowest BCUT2D eigenvalue weighted by atomic mass is 10.2. The van der Waals surface area contributed by atoms with Gasteiger partial charge in [-0.15, -0.1) is 0 Å². The molecule has 0 radical (unpaired) electrons. The quantitative estimate of drug-likeness (QED) is 0.674. The molecule has 0 aliphatic carbocycles. The van der Waals surface area contributed by atoms with E-state index in [9.17, 15) is 0 Å². The molecule has 100 valence electrons. The second kappa shape index (κ2) is 5.13. The van der Waals surface area contributed by atoms with E-state index in [2.05, 4.69) is 39.2 Å². The van der Waals surface area contributed by atoms with Gasteiger partial charge in [0.2, 0.25) is 0 Å². The van der Waals surface area contributed by atoms with Gasteiger partial charge in [-0.25, -0.2) is 4.98 Å². The lowest BCUT2D eigenvalue weighted by molar-refractivity contribution is 1.35. The van der Waals surface area contributed by atoms with E-state index in [0.717, 1.165) is 32.6 Å². The molecular weight excluding hydrogens is 314 g/mol. The smallest absolute Gasteiger partial charge is 0.131 e. The van der Waals surface area contributed by atoms with Crippen LogP contribution in [-0.2, 0) is 0 Å². The van der Waals surface area contributed by atoms with Crippen LogP contribution in [0.2, 0.25) is 0 Å². The molecule has 3 rings (SSSR count). The molecular formula is C16H14BrN3. The molecule has 0 spiro atoms. The van der Waals surface area contributed by atoms with E-state index in [0.29, 0.717) is 0 Å². The predicted octanol–water partition coefficient (Wildman–Crippen LogP) is 4.63. The number of halogens is 1. The number of nitrogen functional groups attached to an aromatic ring is 1. The number of nitrogens with two attached hydrogens (primary N) is 1. The maximum atomic E-state index is 5.77. The minimum absolute atomic E-state index is 0.751. The number of rotatable bonds is 2. The molecule has 0 amide bonds. The van der Waals surface area contributed by atoms with Crippen molar-refractivity contribution in [1.82, 2.24) is 4.98 Å². The van der Waals surface area contributed by atoms with Crippen molar-refractivity contribution in [3.63, 3.8) is 0 Å². The average Bonchev–Trinajstić information content (AvgIpc) is 2.44. The van der Waals surface area contributed by atoms with E-state index >= 15 is 0 Å². The van der Waals surface area contributed by atoms with E-state index in [4.69, 9.17) is 5.73 Å². The van der Waals surface area contributed by atoms with Gasteiger partial charge in [0.25, 0.3) is 0 Å². The molecule has 0 bridgehead atoms. The normalized spacial score (nSPS) is 10.7. The summed E-state index contributed by atoms with van der Waals surface area (Å²) in [4.78, 5) is 4.59. The molecule has 0 aliphatic rings. The Morgan fingerprint density at radius 2 is 1.95 bits per heavy atom. The van der Waals surface area contributed by atoms with Gasteiger partial charge >= 0.3 is 0 Å². The van der Waals surface area contributed by atoms with Crippen molar-refractivity contribution in [2.24, 2.45) is 0 Å². The Morgan fingerprint density at radius 1 is 1.10 bits per heavy atom. The summed E-state index contributed by atoms with van der Waals surface area (Å²) in [7, 11) is 0. The summed E-state index contributed by atoms with van der Waals surface area (Å²) in [5.41, 5.74) is 9.64. The molecule has 3 N–H and O–H groups in total. The number of anilines is 3. The number of aryl methyl sites for hydroxylation is 1. The lowest BCUT2D eigenvalue weighted by Crippen LogP contribution is -1.96. The number of hydrogen-bond donors (Lipinski definition) is 2. The first-order chi connectivity index (χ1) is 9.63. The van der Waals surface area contributed by atoms with Crippen LogP contribution in [0, 0.1) is 6.92 Å². The SMILES string of the molecule is Cc1cccc(Nc2ccc3cc(N)ccc3n2)c1Br. The summed E-state index contributed by atoms with van der Waals surface area (Å²) in [6.45, 7) is 2.06. The first kappa shape index (κ1) is 12.9. The van der Waals surface area contributed by atoms with Crippen molar-refractivity contribution in [1.29, 1.82) is 0 Å². The molecule has 3 aromatic rings. The van der Waals surface area contributed by atoms with Crippen LogP contribution < -0.4 is 11.1 Å². The predicted molar refractivity (Wildman–Crippen MR) is 88.3 cm³/mol. The molecule has 0 aliphatic heterocycles. The fraction of sp³-hybridized carbons (Fsp3) is 0.0625. The summed E-state index contributed by atoms with van der Waals surface area (Å²) >= 11 is 3.59. The van der Waals surface area contributed by atoms with Gasteiger partial charge in [0, 0.05) is 15.5 Å². The Bertz CT molecular complexity index is 784.